The zero-order valence-corrected chi connectivity index (χ0v) is 12.4. The molecule has 19 heavy (non-hydrogen) atoms. The van der Waals surface area contributed by atoms with Crippen LogP contribution in [0.5, 0.6) is 0 Å². The number of carbonyl (C=O) groups is 1. The molecule has 0 aliphatic carbocycles. The van der Waals surface area contributed by atoms with Crippen LogP contribution in [0.15, 0.2) is 18.2 Å². The Bertz CT molecular complexity index is 600. The summed E-state index contributed by atoms with van der Waals surface area (Å²) in [5, 5.41) is 12.9. The summed E-state index contributed by atoms with van der Waals surface area (Å²) in [7, 11) is 0. The quantitative estimate of drug-likeness (QED) is 0.935. The molecule has 0 unspecified atom stereocenters. The van der Waals surface area contributed by atoms with E-state index in [1.54, 1.807) is 12.1 Å². The summed E-state index contributed by atoms with van der Waals surface area (Å²) in [5.74, 6) is -0.109. The van der Waals surface area contributed by atoms with Crippen molar-refractivity contribution in [1.82, 2.24) is 10.2 Å². The van der Waals surface area contributed by atoms with Crippen LogP contribution in [-0.4, -0.2) is 16.1 Å². The number of anilines is 1. The van der Waals surface area contributed by atoms with Crippen LogP contribution < -0.4 is 5.32 Å². The van der Waals surface area contributed by atoms with E-state index in [9.17, 15) is 4.79 Å². The molecule has 0 saturated carbocycles. The molecule has 0 fully saturated rings. The van der Waals surface area contributed by atoms with E-state index in [4.69, 9.17) is 23.2 Å². The van der Waals surface area contributed by atoms with Crippen molar-refractivity contribution in [2.75, 3.05) is 5.32 Å². The largest absolute Gasteiger partial charge is 0.301 e. The highest BCUT2D eigenvalue weighted by atomic mass is 35.5. The van der Waals surface area contributed by atoms with E-state index in [1.165, 1.54) is 11.3 Å². The molecule has 2 aromatic rings. The summed E-state index contributed by atoms with van der Waals surface area (Å²) in [5.41, 5.74) is 0.898. The summed E-state index contributed by atoms with van der Waals surface area (Å²) in [6.07, 6.45) is 0.888. The first-order valence-corrected chi connectivity index (χ1v) is 7.16. The Morgan fingerprint density at radius 2 is 2.16 bits per heavy atom. The number of nitrogens with one attached hydrogen (secondary N) is 1. The maximum atomic E-state index is 11.7. The third kappa shape index (κ3) is 4.16. The first-order chi connectivity index (χ1) is 9.04. The van der Waals surface area contributed by atoms with Crippen LogP contribution in [0.4, 0.5) is 5.13 Å². The maximum Gasteiger partial charge on any atom is 0.226 e. The van der Waals surface area contributed by atoms with Crippen molar-refractivity contribution in [2.45, 2.75) is 19.8 Å². The maximum absolute atomic E-state index is 11.7. The summed E-state index contributed by atoms with van der Waals surface area (Å²) in [4.78, 5) is 11.7. The predicted octanol–water partition coefficient (Wildman–Crippen LogP) is 3.72. The van der Waals surface area contributed by atoms with E-state index < -0.39 is 0 Å². The first-order valence-electron chi connectivity index (χ1n) is 5.58. The fraction of sp³-hybridized carbons (Fsp3) is 0.250. The van der Waals surface area contributed by atoms with Crippen LogP contribution in [0.25, 0.3) is 0 Å². The van der Waals surface area contributed by atoms with Gasteiger partial charge in [0, 0.05) is 16.5 Å². The van der Waals surface area contributed by atoms with E-state index in [0.29, 0.717) is 28.0 Å². The number of amides is 1. The van der Waals surface area contributed by atoms with Gasteiger partial charge in [-0.2, -0.15) is 0 Å². The standard InChI is InChI=1S/C12H11Cl2N3OS/c1-7-16-17-12(19-7)15-11(18)5-3-8-2-4-9(13)6-10(8)14/h2,4,6H,3,5H2,1H3,(H,15,17,18). The topological polar surface area (TPSA) is 54.9 Å². The molecule has 1 heterocycles. The van der Waals surface area contributed by atoms with Gasteiger partial charge in [-0.05, 0) is 31.0 Å². The number of hydrogen-bond donors (Lipinski definition) is 1. The second-order valence-corrected chi connectivity index (χ2v) is 5.94. The number of benzene rings is 1. The molecule has 7 heteroatoms. The van der Waals surface area contributed by atoms with Gasteiger partial charge < -0.3 is 5.32 Å². The Morgan fingerprint density at radius 1 is 1.37 bits per heavy atom. The van der Waals surface area contributed by atoms with Crippen molar-refractivity contribution >= 4 is 45.6 Å². The van der Waals surface area contributed by atoms with Crippen molar-refractivity contribution in [1.29, 1.82) is 0 Å². The van der Waals surface area contributed by atoms with Gasteiger partial charge in [0.25, 0.3) is 0 Å². The summed E-state index contributed by atoms with van der Waals surface area (Å²) < 4.78 is 0. The molecule has 100 valence electrons. The van der Waals surface area contributed by atoms with Crippen LogP contribution in [0.3, 0.4) is 0 Å². The van der Waals surface area contributed by atoms with E-state index >= 15 is 0 Å². The number of rotatable bonds is 4. The lowest BCUT2D eigenvalue weighted by Crippen LogP contribution is -2.12. The highest BCUT2D eigenvalue weighted by Gasteiger charge is 2.08. The molecule has 1 aromatic carbocycles. The number of aromatic nitrogens is 2. The summed E-state index contributed by atoms with van der Waals surface area (Å²) in [6.45, 7) is 1.83. The minimum Gasteiger partial charge on any atom is -0.301 e. The zero-order chi connectivity index (χ0) is 13.8. The molecule has 4 nitrogen and oxygen atoms in total. The number of nitrogens with zero attached hydrogens (tertiary/aromatic N) is 2. The Kier molecular flexibility index (Phi) is 4.74. The van der Waals surface area contributed by atoms with Crippen LogP contribution in [-0.2, 0) is 11.2 Å². The number of hydrogen-bond acceptors (Lipinski definition) is 4. The Balaban J connectivity index is 1.89. The highest BCUT2D eigenvalue weighted by Crippen LogP contribution is 2.22. The summed E-state index contributed by atoms with van der Waals surface area (Å²) >= 11 is 13.2. The van der Waals surface area contributed by atoms with Gasteiger partial charge in [0.2, 0.25) is 11.0 Å². The van der Waals surface area contributed by atoms with Gasteiger partial charge in [-0.15, -0.1) is 10.2 Å². The van der Waals surface area contributed by atoms with Crippen LogP contribution in [0, 0.1) is 6.92 Å². The Morgan fingerprint density at radius 3 is 2.79 bits per heavy atom. The summed E-state index contributed by atoms with van der Waals surface area (Å²) in [6, 6.07) is 5.26. The van der Waals surface area contributed by atoms with Crippen LogP contribution in [0.2, 0.25) is 10.0 Å². The number of carbonyl (C=O) groups excluding carboxylic acids is 1. The molecule has 0 radical (unpaired) electrons. The lowest BCUT2D eigenvalue weighted by atomic mass is 10.1. The Hall–Kier alpha value is -1.17. The average molecular weight is 316 g/mol. The van der Waals surface area contributed by atoms with Crippen molar-refractivity contribution in [3.8, 4) is 0 Å². The lowest BCUT2D eigenvalue weighted by molar-refractivity contribution is -0.116. The average Bonchev–Trinajstić information content (AvgIpc) is 2.73. The molecule has 1 N–H and O–H groups in total. The third-order valence-corrected chi connectivity index (χ3v) is 3.75. The van der Waals surface area contributed by atoms with Crippen molar-refractivity contribution < 1.29 is 4.79 Å². The van der Waals surface area contributed by atoms with Gasteiger partial charge in [-0.1, -0.05) is 40.6 Å². The third-order valence-electron chi connectivity index (χ3n) is 2.41. The molecular formula is C12H11Cl2N3OS. The lowest BCUT2D eigenvalue weighted by Gasteiger charge is -2.04. The number of halogens is 2. The number of aryl methyl sites for hydroxylation is 2. The van der Waals surface area contributed by atoms with E-state index in [1.807, 2.05) is 13.0 Å². The smallest absolute Gasteiger partial charge is 0.226 e. The molecule has 0 spiro atoms. The van der Waals surface area contributed by atoms with Gasteiger partial charge in [0.1, 0.15) is 5.01 Å². The molecule has 2 rings (SSSR count). The molecule has 0 atom stereocenters. The fourth-order valence-corrected chi connectivity index (χ4v) is 2.61. The molecular weight excluding hydrogens is 305 g/mol. The zero-order valence-electron chi connectivity index (χ0n) is 10.1. The van der Waals surface area contributed by atoms with Crippen molar-refractivity contribution in [3.63, 3.8) is 0 Å². The second kappa shape index (κ2) is 6.32. The molecule has 1 aromatic heterocycles. The van der Waals surface area contributed by atoms with Gasteiger partial charge in [-0.25, -0.2) is 0 Å². The monoisotopic (exact) mass is 315 g/mol. The van der Waals surface area contributed by atoms with Crippen molar-refractivity contribution in [2.24, 2.45) is 0 Å². The van der Waals surface area contributed by atoms with Crippen LogP contribution >= 0.6 is 34.5 Å². The van der Waals surface area contributed by atoms with Gasteiger partial charge in [0.15, 0.2) is 0 Å². The molecule has 0 aliphatic rings. The van der Waals surface area contributed by atoms with Gasteiger partial charge >= 0.3 is 0 Å². The van der Waals surface area contributed by atoms with Crippen LogP contribution in [0.1, 0.15) is 17.0 Å². The second-order valence-electron chi connectivity index (χ2n) is 3.91. The fourth-order valence-electron chi connectivity index (χ4n) is 1.50. The highest BCUT2D eigenvalue weighted by molar-refractivity contribution is 7.15. The molecule has 0 saturated heterocycles. The van der Waals surface area contributed by atoms with E-state index in [2.05, 4.69) is 15.5 Å². The Labute approximate surface area is 124 Å². The predicted molar refractivity (Wildman–Crippen MR) is 78.1 cm³/mol. The molecule has 0 aliphatic heterocycles. The molecule has 1 amide bonds. The SMILES string of the molecule is Cc1nnc(NC(=O)CCc2ccc(Cl)cc2Cl)s1. The van der Waals surface area contributed by atoms with E-state index in [0.717, 1.165) is 10.6 Å². The minimum absolute atomic E-state index is 0.109. The normalized spacial score (nSPS) is 10.5. The van der Waals surface area contributed by atoms with Crippen molar-refractivity contribution in [3.05, 3.63) is 38.8 Å². The van der Waals surface area contributed by atoms with Gasteiger partial charge in [-0.3, -0.25) is 4.79 Å². The molecule has 0 bridgehead atoms. The minimum atomic E-state index is -0.109. The van der Waals surface area contributed by atoms with Gasteiger partial charge in [0.05, 0.1) is 0 Å². The van der Waals surface area contributed by atoms with E-state index in [-0.39, 0.29) is 5.91 Å². The first kappa shape index (κ1) is 14.2.